The summed E-state index contributed by atoms with van der Waals surface area (Å²) in [7, 11) is 0. The number of aromatic amines is 1. The predicted octanol–water partition coefficient (Wildman–Crippen LogP) is 3.68. The molecule has 2 saturated heterocycles. The van der Waals surface area contributed by atoms with Crippen molar-refractivity contribution >= 4 is 32.7 Å². The number of carboxylic acids is 1. The van der Waals surface area contributed by atoms with Gasteiger partial charge in [-0.15, -0.1) is 5.10 Å². The van der Waals surface area contributed by atoms with Gasteiger partial charge in [-0.1, -0.05) is 16.6 Å². The third-order valence-corrected chi connectivity index (χ3v) is 8.95. The van der Waals surface area contributed by atoms with Crippen molar-refractivity contribution in [3.05, 3.63) is 34.6 Å². The number of benzene rings is 1. The molecule has 2 bridgehead atoms. The minimum Gasteiger partial charge on any atom is -0.478 e. The highest BCUT2D eigenvalue weighted by Gasteiger charge is 2.46. The molecular weight excluding hydrogens is 454 g/mol. The number of aromatic nitrogens is 4. The number of H-pyrrole nitrogens is 1. The Morgan fingerprint density at radius 1 is 1.26 bits per heavy atom. The van der Waals surface area contributed by atoms with Gasteiger partial charge in [0, 0.05) is 36.9 Å². The van der Waals surface area contributed by atoms with Crippen molar-refractivity contribution in [2.24, 2.45) is 5.92 Å². The maximum atomic E-state index is 11.7. The molecule has 0 amide bonds. The van der Waals surface area contributed by atoms with Crippen molar-refractivity contribution in [1.82, 2.24) is 20.4 Å². The first-order chi connectivity index (χ1) is 16.6. The van der Waals surface area contributed by atoms with Gasteiger partial charge in [-0.3, -0.25) is 5.10 Å². The first-order valence-electron chi connectivity index (χ1n) is 12.2. The van der Waals surface area contributed by atoms with Crippen LogP contribution >= 0.6 is 11.3 Å². The average molecular weight is 482 g/mol. The maximum Gasteiger partial charge on any atom is 0.335 e. The van der Waals surface area contributed by atoms with Crippen LogP contribution in [0.15, 0.2) is 12.1 Å². The Balaban J connectivity index is 1.09. The highest BCUT2D eigenvalue weighted by Crippen LogP contribution is 2.46. The third kappa shape index (κ3) is 3.50. The summed E-state index contributed by atoms with van der Waals surface area (Å²) in [6.45, 7) is 2.83. The minimum atomic E-state index is -0.894. The third-order valence-electron chi connectivity index (χ3n) is 7.91. The van der Waals surface area contributed by atoms with E-state index in [-0.39, 0.29) is 12.0 Å². The fraction of sp³-hybridized carbons (Fsp3) is 0.583. The summed E-state index contributed by atoms with van der Waals surface area (Å²) in [5.74, 6) is 0.361. The Bertz CT molecular complexity index is 1250. The summed E-state index contributed by atoms with van der Waals surface area (Å²) < 4.78 is 12.9. The Labute approximate surface area is 200 Å². The van der Waals surface area contributed by atoms with Gasteiger partial charge < -0.3 is 19.5 Å². The van der Waals surface area contributed by atoms with E-state index < -0.39 is 5.97 Å². The van der Waals surface area contributed by atoms with Gasteiger partial charge in [-0.2, -0.15) is 0 Å². The summed E-state index contributed by atoms with van der Waals surface area (Å²) >= 11 is 1.61. The van der Waals surface area contributed by atoms with E-state index in [1.807, 2.05) is 0 Å². The van der Waals surface area contributed by atoms with Crippen LogP contribution in [0.1, 0.15) is 71.2 Å². The number of nitrogens with zero attached hydrogens (tertiary/aromatic N) is 4. The number of thiazole rings is 1. The van der Waals surface area contributed by atoms with Gasteiger partial charge in [0.05, 0.1) is 46.5 Å². The summed E-state index contributed by atoms with van der Waals surface area (Å²) in [4.78, 5) is 19.2. The van der Waals surface area contributed by atoms with E-state index in [1.54, 1.807) is 23.5 Å². The summed E-state index contributed by atoms with van der Waals surface area (Å²) in [5, 5.41) is 21.9. The molecule has 2 aliphatic heterocycles. The molecule has 10 heteroatoms. The number of carboxylic acid groups (broad SMARTS) is 1. The molecule has 0 spiro atoms. The van der Waals surface area contributed by atoms with Crippen molar-refractivity contribution in [2.75, 3.05) is 24.7 Å². The van der Waals surface area contributed by atoms with Gasteiger partial charge in [0.1, 0.15) is 0 Å². The standard InChI is InChI=1S/C24H27N5O4S/c30-23(31)14-6-17(13-3-4-32-10-13)22-20(7-14)34-24(25-22)29-9-15-5-16(29)8-19(15)33-11-18-21(12-1-2-12)27-28-26-18/h6-7,12-13,15-16,19H,1-5,8-11H2,(H,30,31)(H,26,27,28)/t13-,15-,16-,19+/m0/s1. The summed E-state index contributed by atoms with van der Waals surface area (Å²) in [5.41, 5.74) is 4.41. The molecule has 4 atom stereocenters. The van der Waals surface area contributed by atoms with E-state index >= 15 is 0 Å². The molecule has 178 valence electrons. The van der Waals surface area contributed by atoms with Crippen LogP contribution in [-0.4, -0.2) is 63.4 Å². The number of hydrogen-bond donors (Lipinski definition) is 2. The zero-order chi connectivity index (χ0) is 22.8. The first kappa shape index (κ1) is 20.8. The van der Waals surface area contributed by atoms with Crippen LogP contribution in [0.3, 0.4) is 0 Å². The van der Waals surface area contributed by atoms with Crippen molar-refractivity contribution in [1.29, 1.82) is 0 Å². The largest absolute Gasteiger partial charge is 0.478 e. The number of rotatable bonds is 7. The van der Waals surface area contributed by atoms with Crippen LogP contribution in [0.25, 0.3) is 10.2 Å². The van der Waals surface area contributed by atoms with Crippen molar-refractivity contribution in [3.63, 3.8) is 0 Å². The van der Waals surface area contributed by atoms with Gasteiger partial charge in [0.15, 0.2) is 5.13 Å². The predicted molar refractivity (Wildman–Crippen MR) is 126 cm³/mol. The smallest absolute Gasteiger partial charge is 0.335 e. The topological polar surface area (TPSA) is 113 Å². The molecule has 2 aliphatic carbocycles. The van der Waals surface area contributed by atoms with Crippen LogP contribution in [0.5, 0.6) is 0 Å². The molecule has 9 nitrogen and oxygen atoms in total. The lowest BCUT2D eigenvalue weighted by Gasteiger charge is -2.31. The lowest BCUT2D eigenvalue weighted by atomic mass is 9.95. The van der Waals surface area contributed by atoms with E-state index in [2.05, 4.69) is 20.3 Å². The van der Waals surface area contributed by atoms with Crippen LogP contribution in [0.2, 0.25) is 0 Å². The van der Waals surface area contributed by atoms with E-state index in [0.717, 1.165) is 58.1 Å². The molecule has 4 aliphatic rings. The highest BCUT2D eigenvalue weighted by atomic mass is 32.1. The Kier molecular flexibility index (Phi) is 4.89. The number of hydrogen-bond acceptors (Lipinski definition) is 8. The number of fused-ring (bicyclic) bond motifs is 3. The lowest BCUT2D eigenvalue weighted by molar-refractivity contribution is 0.0108. The van der Waals surface area contributed by atoms with Gasteiger partial charge >= 0.3 is 5.97 Å². The van der Waals surface area contributed by atoms with Crippen molar-refractivity contribution in [2.45, 2.75) is 62.7 Å². The molecule has 34 heavy (non-hydrogen) atoms. The summed E-state index contributed by atoms with van der Waals surface area (Å²) in [6, 6.07) is 3.98. The molecule has 2 N–H and O–H groups in total. The maximum absolute atomic E-state index is 11.7. The van der Waals surface area contributed by atoms with Crippen LogP contribution in [0.4, 0.5) is 5.13 Å². The number of anilines is 1. The fourth-order valence-corrected chi connectivity index (χ4v) is 7.08. The average Bonchev–Trinajstić information content (AvgIpc) is 3.39. The minimum absolute atomic E-state index is 0.210. The molecule has 2 aromatic heterocycles. The second-order valence-electron chi connectivity index (χ2n) is 10.1. The van der Waals surface area contributed by atoms with E-state index in [1.165, 1.54) is 12.8 Å². The lowest BCUT2D eigenvalue weighted by Crippen LogP contribution is -2.38. The number of ether oxygens (including phenoxy) is 2. The number of carbonyl (C=O) groups is 1. The zero-order valence-electron chi connectivity index (χ0n) is 18.8. The van der Waals surface area contributed by atoms with Crippen molar-refractivity contribution < 1.29 is 19.4 Å². The van der Waals surface area contributed by atoms with Crippen LogP contribution in [0, 0.1) is 5.92 Å². The molecule has 4 fully saturated rings. The monoisotopic (exact) mass is 481 g/mol. The number of nitrogens with one attached hydrogen (secondary N) is 1. The second-order valence-corrected chi connectivity index (χ2v) is 11.1. The molecular formula is C24H27N5O4S. The normalized spacial score (nSPS) is 28.4. The fourth-order valence-electron chi connectivity index (χ4n) is 5.96. The second kappa shape index (κ2) is 8.00. The van der Waals surface area contributed by atoms with Crippen LogP contribution in [-0.2, 0) is 16.1 Å². The van der Waals surface area contributed by atoms with Gasteiger partial charge in [0.2, 0.25) is 0 Å². The molecule has 2 saturated carbocycles. The Hall–Kier alpha value is -2.56. The van der Waals surface area contributed by atoms with E-state index in [4.69, 9.17) is 14.5 Å². The van der Waals surface area contributed by atoms with Crippen molar-refractivity contribution in [3.8, 4) is 0 Å². The van der Waals surface area contributed by atoms with E-state index in [9.17, 15) is 9.90 Å². The molecule has 0 radical (unpaired) electrons. The summed E-state index contributed by atoms with van der Waals surface area (Å²) in [6.07, 6.45) is 5.66. The Morgan fingerprint density at radius 2 is 2.18 bits per heavy atom. The van der Waals surface area contributed by atoms with Gasteiger partial charge in [0.25, 0.3) is 0 Å². The zero-order valence-corrected chi connectivity index (χ0v) is 19.6. The van der Waals surface area contributed by atoms with Gasteiger partial charge in [-0.05, 0) is 49.8 Å². The van der Waals surface area contributed by atoms with Crippen LogP contribution < -0.4 is 4.90 Å². The quantitative estimate of drug-likeness (QED) is 0.525. The van der Waals surface area contributed by atoms with Gasteiger partial charge in [-0.25, -0.2) is 9.78 Å². The Morgan fingerprint density at radius 3 is 2.91 bits per heavy atom. The molecule has 4 heterocycles. The SMILES string of the molecule is O=C(O)c1cc([C@H]2CCOC2)c2nc(N3C[C@@H]4C[C@H]3C[C@H]4OCc3[nH]nnc3C3CC3)sc2c1. The first-order valence-corrected chi connectivity index (χ1v) is 13.0. The van der Waals surface area contributed by atoms with E-state index in [0.29, 0.717) is 43.3 Å². The highest BCUT2D eigenvalue weighted by molar-refractivity contribution is 7.22. The number of piperidine rings is 1. The number of aromatic carboxylic acids is 1. The molecule has 3 aromatic rings. The molecule has 7 rings (SSSR count). The molecule has 0 unspecified atom stereocenters. The molecule has 1 aromatic carbocycles.